The molecule has 1 aliphatic heterocycles. The summed E-state index contributed by atoms with van der Waals surface area (Å²) in [4.78, 5) is 25.2. The Hall–Kier alpha value is -1.34. The third kappa shape index (κ3) is 5.07. The highest BCUT2D eigenvalue weighted by molar-refractivity contribution is 7.99. The number of ether oxygens (including phenoxy) is 1. The van der Waals surface area contributed by atoms with Crippen molar-refractivity contribution >= 4 is 23.5 Å². The molecule has 1 saturated heterocycles. The summed E-state index contributed by atoms with van der Waals surface area (Å²) in [6.45, 7) is 6.55. The van der Waals surface area contributed by atoms with E-state index >= 15 is 0 Å². The van der Waals surface area contributed by atoms with Crippen LogP contribution in [-0.4, -0.2) is 65.9 Å². The van der Waals surface area contributed by atoms with Gasteiger partial charge < -0.3 is 9.64 Å². The minimum absolute atomic E-state index is 0.243. The van der Waals surface area contributed by atoms with Gasteiger partial charge >= 0.3 is 5.97 Å². The van der Waals surface area contributed by atoms with E-state index in [0.29, 0.717) is 0 Å². The lowest BCUT2D eigenvalue weighted by Crippen LogP contribution is -2.51. The number of carbonyl (C=O) groups excluding carboxylic acids is 1. The molecule has 25 heavy (non-hydrogen) atoms. The van der Waals surface area contributed by atoms with Crippen LogP contribution in [0.25, 0.3) is 0 Å². The third-order valence-corrected chi connectivity index (χ3v) is 6.18. The van der Waals surface area contributed by atoms with Crippen molar-refractivity contribution in [3.05, 3.63) is 12.4 Å². The number of carbonyl (C=O) groups is 1. The summed E-state index contributed by atoms with van der Waals surface area (Å²) in [6, 6.07) is 0.770. The second-order valence-electron chi connectivity index (χ2n) is 7.02. The zero-order chi connectivity index (χ0) is 17.6. The maximum Gasteiger partial charge on any atom is 0.316 e. The van der Waals surface area contributed by atoms with Gasteiger partial charge in [0.15, 0.2) is 0 Å². The highest BCUT2D eigenvalue weighted by Crippen LogP contribution is 2.28. The number of nitrogens with zero attached hydrogens (tertiary/aromatic N) is 4. The van der Waals surface area contributed by atoms with Crippen LogP contribution in [0.3, 0.4) is 0 Å². The average Bonchev–Trinajstić information content (AvgIpc) is 2.67. The predicted octanol–water partition coefficient (Wildman–Crippen LogP) is 2.44. The van der Waals surface area contributed by atoms with Gasteiger partial charge in [0.25, 0.3) is 0 Å². The van der Waals surface area contributed by atoms with Crippen molar-refractivity contribution in [1.82, 2.24) is 14.9 Å². The number of rotatable bonds is 5. The Morgan fingerprint density at radius 3 is 2.60 bits per heavy atom. The number of anilines is 1. The molecule has 2 heterocycles. The van der Waals surface area contributed by atoms with Gasteiger partial charge in [-0.25, -0.2) is 4.98 Å². The number of esters is 1. The summed E-state index contributed by atoms with van der Waals surface area (Å²) < 4.78 is 4.67. The van der Waals surface area contributed by atoms with Crippen LogP contribution in [0.1, 0.15) is 32.6 Å². The fourth-order valence-corrected chi connectivity index (χ4v) is 4.35. The molecule has 1 aliphatic carbocycles. The van der Waals surface area contributed by atoms with E-state index in [9.17, 15) is 4.79 Å². The first-order valence-corrected chi connectivity index (χ1v) is 10.1. The van der Waals surface area contributed by atoms with Crippen LogP contribution >= 0.6 is 11.8 Å². The van der Waals surface area contributed by atoms with Crippen LogP contribution < -0.4 is 4.90 Å². The van der Waals surface area contributed by atoms with Gasteiger partial charge in [-0.15, -0.1) is 0 Å². The van der Waals surface area contributed by atoms with E-state index < -0.39 is 0 Å². The van der Waals surface area contributed by atoms with Crippen molar-refractivity contribution in [2.24, 2.45) is 5.92 Å². The number of aromatic nitrogens is 2. The van der Waals surface area contributed by atoms with E-state index in [4.69, 9.17) is 0 Å². The first kappa shape index (κ1) is 18.5. The lowest BCUT2D eigenvalue weighted by atomic mass is 9.86. The molecule has 0 atom stereocenters. The fourth-order valence-electron chi connectivity index (χ4n) is 3.68. The highest BCUT2D eigenvalue weighted by Gasteiger charge is 2.27. The molecule has 0 amide bonds. The van der Waals surface area contributed by atoms with Crippen molar-refractivity contribution < 1.29 is 9.53 Å². The van der Waals surface area contributed by atoms with Crippen molar-refractivity contribution in [2.45, 2.75) is 43.7 Å². The average molecular weight is 365 g/mol. The van der Waals surface area contributed by atoms with Gasteiger partial charge in [0.05, 0.1) is 25.3 Å². The second-order valence-corrected chi connectivity index (χ2v) is 8.01. The van der Waals surface area contributed by atoms with Crippen LogP contribution in [0, 0.1) is 5.92 Å². The van der Waals surface area contributed by atoms with Gasteiger partial charge in [-0.1, -0.05) is 18.7 Å². The number of thioether (sulfide) groups is 1. The van der Waals surface area contributed by atoms with Crippen LogP contribution in [0.15, 0.2) is 17.4 Å². The van der Waals surface area contributed by atoms with Gasteiger partial charge in [-0.05, 0) is 31.6 Å². The Morgan fingerprint density at radius 2 is 1.92 bits per heavy atom. The van der Waals surface area contributed by atoms with E-state index in [1.165, 1.54) is 44.6 Å². The second kappa shape index (κ2) is 8.85. The number of piperazine rings is 1. The van der Waals surface area contributed by atoms with Gasteiger partial charge in [-0.2, -0.15) is 0 Å². The smallest absolute Gasteiger partial charge is 0.316 e. The lowest BCUT2D eigenvalue weighted by molar-refractivity contribution is -0.137. The summed E-state index contributed by atoms with van der Waals surface area (Å²) in [5.74, 6) is 1.83. The van der Waals surface area contributed by atoms with Crippen LogP contribution in [0.4, 0.5) is 5.82 Å². The molecule has 0 unspecified atom stereocenters. The SMILES string of the molecule is COC(=O)CSc1cncc(N2CCN(C3CCC(C)CC3)CC2)n1. The zero-order valence-corrected chi connectivity index (χ0v) is 16.0. The third-order valence-electron chi connectivity index (χ3n) is 5.31. The standard InChI is InChI=1S/C18H28N4O2S/c1-14-3-5-15(6-4-14)21-7-9-22(10-8-21)16-11-19-12-17(20-16)25-13-18(23)24-2/h11-12,14-15H,3-10,13H2,1-2H3. The largest absolute Gasteiger partial charge is 0.468 e. The first-order valence-electron chi connectivity index (χ1n) is 9.16. The Kier molecular flexibility index (Phi) is 6.53. The molecule has 0 aromatic carbocycles. The maximum atomic E-state index is 11.3. The minimum Gasteiger partial charge on any atom is -0.468 e. The summed E-state index contributed by atoms with van der Waals surface area (Å²) in [5, 5.41) is 0.770. The van der Waals surface area contributed by atoms with Gasteiger partial charge in [0.1, 0.15) is 10.8 Å². The molecule has 0 bridgehead atoms. The Labute approximate surface area is 154 Å². The number of hydrogen-bond donors (Lipinski definition) is 0. The lowest BCUT2D eigenvalue weighted by Gasteiger charge is -2.42. The molecule has 1 saturated carbocycles. The number of hydrogen-bond acceptors (Lipinski definition) is 7. The molecular formula is C18H28N4O2S. The van der Waals surface area contributed by atoms with Crippen LogP contribution in [0.5, 0.6) is 0 Å². The van der Waals surface area contributed by atoms with Crippen molar-refractivity contribution in [3.63, 3.8) is 0 Å². The topological polar surface area (TPSA) is 58.6 Å². The summed E-state index contributed by atoms with van der Waals surface area (Å²) in [7, 11) is 1.40. The summed E-state index contributed by atoms with van der Waals surface area (Å²) in [6.07, 6.45) is 8.96. The monoisotopic (exact) mass is 364 g/mol. The van der Waals surface area contributed by atoms with E-state index in [-0.39, 0.29) is 11.7 Å². The Morgan fingerprint density at radius 1 is 1.20 bits per heavy atom. The van der Waals surface area contributed by atoms with Crippen LogP contribution in [-0.2, 0) is 9.53 Å². The quantitative estimate of drug-likeness (QED) is 0.587. The normalized spacial score (nSPS) is 25.0. The summed E-state index contributed by atoms with van der Waals surface area (Å²) >= 11 is 1.37. The molecule has 138 valence electrons. The highest BCUT2D eigenvalue weighted by atomic mass is 32.2. The molecule has 0 radical (unpaired) electrons. The molecule has 1 aromatic heterocycles. The van der Waals surface area contributed by atoms with Gasteiger partial charge in [-0.3, -0.25) is 14.7 Å². The number of methoxy groups -OCH3 is 1. The molecule has 6 nitrogen and oxygen atoms in total. The molecule has 2 fully saturated rings. The van der Waals surface area contributed by atoms with Crippen molar-refractivity contribution in [2.75, 3.05) is 43.9 Å². The van der Waals surface area contributed by atoms with Crippen LogP contribution in [0.2, 0.25) is 0 Å². The van der Waals surface area contributed by atoms with Crippen molar-refractivity contribution in [1.29, 1.82) is 0 Å². The van der Waals surface area contributed by atoms with E-state index in [1.54, 1.807) is 6.20 Å². The summed E-state index contributed by atoms with van der Waals surface area (Å²) in [5.41, 5.74) is 0. The molecule has 3 rings (SSSR count). The molecule has 2 aliphatic rings. The molecule has 1 aromatic rings. The fraction of sp³-hybridized carbons (Fsp3) is 0.722. The van der Waals surface area contributed by atoms with Gasteiger partial charge in [0, 0.05) is 32.2 Å². The Bertz CT molecular complexity index is 570. The van der Waals surface area contributed by atoms with Crippen molar-refractivity contribution in [3.8, 4) is 0 Å². The minimum atomic E-state index is -0.243. The molecule has 7 heteroatoms. The molecular weight excluding hydrogens is 336 g/mol. The van der Waals surface area contributed by atoms with E-state index in [0.717, 1.165) is 49.0 Å². The predicted molar refractivity (Wildman–Crippen MR) is 100.0 cm³/mol. The van der Waals surface area contributed by atoms with Gasteiger partial charge in [0.2, 0.25) is 0 Å². The Balaban J connectivity index is 1.51. The maximum absolute atomic E-state index is 11.3. The van der Waals surface area contributed by atoms with E-state index in [2.05, 4.69) is 31.4 Å². The molecule has 0 spiro atoms. The molecule has 0 N–H and O–H groups in total. The van der Waals surface area contributed by atoms with E-state index in [1.807, 2.05) is 6.20 Å². The zero-order valence-electron chi connectivity index (χ0n) is 15.2. The first-order chi connectivity index (χ1) is 12.2.